The van der Waals surface area contributed by atoms with Crippen LogP contribution in [0.3, 0.4) is 0 Å². The van der Waals surface area contributed by atoms with Crippen molar-refractivity contribution in [3.8, 4) is 5.75 Å². The summed E-state index contributed by atoms with van der Waals surface area (Å²) in [6, 6.07) is 9.77. The maximum absolute atomic E-state index is 13.8. The van der Waals surface area contributed by atoms with Gasteiger partial charge in [-0.25, -0.2) is 17.6 Å². The van der Waals surface area contributed by atoms with E-state index in [0.717, 1.165) is 30.3 Å². The van der Waals surface area contributed by atoms with Crippen LogP contribution in [0.4, 0.5) is 23.2 Å². The lowest BCUT2D eigenvalue weighted by atomic mass is 9.93. The maximum Gasteiger partial charge on any atom is 0.311 e. The Kier molecular flexibility index (Phi) is 8.42. The molecule has 3 aromatic carbocycles. The van der Waals surface area contributed by atoms with Crippen molar-refractivity contribution in [3.63, 3.8) is 0 Å². The molecule has 0 aromatic heterocycles. The molecular weight excluding hydrogens is 532 g/mol. The first kappa shape index (κ1) is 28.2. The Morgan fingerprint density at radius 3 is 1.93 bits per heavy atom. The summed E-state index contributed by atoms with van der Waals surface area (Å²) in [4.78, 5) is 39.0. The molecule has 11 heteroatoms. The second kappa shape index (κ2) is 11.9. The summed E-state index contributed by atoms with van der Waals surface area (Å²) in [5.41, 5.74) is -0.117. The largest absolute Gasteiger partial charge is 0.487 e. The van der Waals surface area contributed by atoms with Crippen molar-refractivity contribution in [2.45, 2.75) is 13.3 Å². The van der Waals surface area contributed by atoms with E-state index in [0.29, 0.717) is 6.42 Å². The van der Waals surface area contributed by atoms with Crippen LogP contribution in [0.15, 0.2) is 65.7 Å². The Hall–Kier alpha value is -4.80. The SMILES string of the molecule is CCCOc1ccc(C(=O)N2C/C(=C\c3ccc(F)c(F)c3)C(=O)/C(=C/c3ccc(F)c(F)c3)C2)cc1[N+](=O)[O-]. The standard InChI is InChI=1S/C29H22F4N2O5/c1-2-9-40-27-8-5-19(14-26(27)35(38)39)29(37)34-15-20(10-17-3-6-22(30)24(32)12-17)28(36)21(16-34)11-18-4-7-23(31)25(33)13-18/h3-8,10-14H,2,9,15-16H2,1H3/b20-10+,21-11+. The minimum absolute atomic E-state index is 0.00457. The van der Waals surface area contributed by atoms with Crippen molar-refractivity contribution in [2.24, 2.45) is 0 Å². The highest BCUT2D eigenvalue weighted by molar-refractivity contribution is 6.16. The van der Waals surface area contributed by atoms with Crippen molar-refractivity contribution in [1.29, 1.82) is 0 Å². The minimum atomic E-state index is -1.14. The molecule has 4 rings (SSSR count). The third kappa shape index (κ3) is 6.25. The molecule has 0 bridgehead atoms. The number of nitro groups is 1. The first-order valence-corrected chi connectivity index (χ1v) is 12.1. The second-order valence-corrected chi connectivity index (χ2v) is 8.96. The van der Waals surface area contributed by atoms with Gasteiger partial charge in [0.2, 0.25) is 0 Å². The molecule has 0 aliphatic carbocycles. The molecule has 0 atom stereocenters. The van der Waals surface area contributed by atoms with Crippen LogP contribution >= 0.6 is 0 Å². The lowest BCUT2D eigenvalue weighted by Gasteiger charge is -2.30. The van der Waals surface area contributed by atoms with E-state index >= 15 is 0 Å². The van der Waals surface area contributed by atoms with Gasteiger partial charge in [0.05, 0.1) is 24.6 Å². The zero-order valence-corrected chi connectivity index (χ0v) is 21.1. The predicted octanol–water partition coefficient (Wildman–Crippen LogP) is 6.13. The van der Waals surface area contributed by atoms with Crippen LogP contribution in [0, 0.1) is 33.4 Å². The van der Waals surface area contributed by atoms with Gasteiger partial charge in [-0.3, -0.25) is 19.7 Å². The average molecular weight is 554 g/mol. The maximum atomic E-state index is 13.8. The normalized spacial score (nSPS) is 15.5. The van der Waals surface area contributed by atoms with Crippen LogP contribution in [0.25, 0.3) is 12.2 Å². The van der Waals surface area contributed by atoms with Gasteiger partial charge in [0.15, 0.2) is 34.8 Å². The van der Waals surface area contributed by atoms with Crippen LogP contribution in [-0.4, -0.2) is 41.2 Å². The first-order valence-electron chi connectivity index (χ1n) is 12.1. The van der Waals surface area contributed by atoms with Gasteiger partial charge in [0.25, 0.3) is 5.91 Å². The number of Topliss-reactive ketones (excluding diaryl/α,β-unsaturated/α-hetero) is 1. The molecule has 7 nitrogen and oxygen atoms in total. The third-order valence-electron chi connectivity index (χ3n) is 6.03. The fourth-order valence-electron chi connectivity index (χ4n) is 4.10. The highest BCUT2D eigenvalue weighted by Crippen LogP contribution is 2.30. The predicted molar refractivity (Wildman–Crippen MR) is 138 cm³/mol. The summed E-state index contributed by atoms with van der Waals surface area (Å²) >= 11 is 0. The van der Waals surface area contributed by atoms with Gasteiger partial charge < -0.3 is 9.64 Å². The minimum Gasteiger partial charge on any atom is -0.487 e. The number of piperidine rings is 1. The Morgan fingerprint density at radius 1 is 0.900 bits per heavy atom. The molecule has 206 valence electrons. The number of carbonyl (C=O) groups excluding carboxylic acids is 2. The zero-order chi connectivity index (χ0) is 29.0. The number of likely N-dealkylation sites (tertiary alicyclic amines) is 1. The summed E-state index contributed by atoms with van der Waals surface area (Å²) in [6.45, 7) is 1.55. The van der Waals surface area contributed by atoms with Crippen LogP contribution in [-0.2, 0) is 4.79 Å². The van der Waals surface area contributed by atoms with E-state index < -0.39 is 45.6 Å². The highest BCUT2D eigenvalue weighted by Gasteiger charge is 2.31. The molecule has 1 heterocycles. The number of nitro benzene ring substituents is 1. The monoisotopic (exact) mass is 554 g/mol. The van der Waals surface area contributed by atoms with Gasteiger partial charge in [-0.1, -0.05) is 19.1 Å². The molecule has 1 aliphatic heterocycles. The van der Waals surface area contributed by atoms with Crippen LogP contribution < -0.4 is 4.74 Å². The molecule has 0 N–H and O–H groups in total. The van der Waals surface area contributed by atoms with Crippen LogP contribution in [0.2, 0.25) is 0 Å². The van der Waals surface area contributed by atoms with Crippen LogP contribution in [0.5, 0.6) is 5.75 Å². The summed E-state index contributed by atoms with van der Waals surface area (Å²) in [7, 11) is 0. The molecule has 0 saturated carbocycles. The lowest BCUT2D eigenvalue weighted by molar-refractivity contribution is -0.385. The molecule has 1 saturated heterocycles. The lowest BCUT2D eigenvalue weighted by Crippen LogP contribution is -2.41. The Bertz CT molecular complexity index is 1490. The Labute approximate surface area is 226 Å². The van der Waals surface area contributed by atoms with Crippen molar-refractivity contribution in [1.82, 2.24) is 4.90 Å². The third-order valence-corrected chi connectivity index (χ3v) is 6.03. The smallest absolute Gasteiger partial charge is 0.311 e. The fourth-order valence-corrected chi connectivity index (χ4v) is 4.10. The van der Waals surface area contributed by atoms with E-state index in [9.17, 15) is 37.3 Å². The molecule has 3 aromatic rings. The molecule has 1 amide bonds. The van der Waals surface area contributed by atoms with Crippen molar-refractivity contribution in [2.75, 3.05) is 19.7 Å². The van der Waals surface area contributed by atoms with Gasteiger partial charge in [-0.05, 0) is 66.1 Å². The molecule has 40 heavy (non-hydrogen) atoms. The summed E-state index contributed by atoms with van der Waals surface area (Å²) in [5, 5.41) is 11.6. The molecule has 0 radical (unpaired) electrons. The number of benzene rings is 3. The van der Waals surface area contributed by atoms with E-state index in [1.54, 1.807) is 0 Å². The van der Waals surface area contributed by atoms with Crippen molar-refractivity contribution < 1.29 is 36.8 Å². The molecule has 0 unspecified atom stereocenters. The second-order valence-electron chi connectivity index (χ2n) is 8.96. The van der Waals surface area contributed by atoms with Gasteiger partial charge >= 0.3 is 5.69 Å². The number of ether oxygens (including phenoxy) is 1. The zero-order valence-electron chi connectivity index (χ0n) is 21.1. The number of carbonyl (C=O) groups is 2. The molecular formula is C29H22F4N2O5. The average Bonchev–Trinajstić information content (AvgIpc) is 2.93. The van der Waals surface area contributed by atoms with E-state index in [2.05, 4.69) is 0 Å². The number of hydrogen-bond donors (Lipinski definition) is 0. The van der Waals surface area contributed by atoms with Gasteiger partial charge in [-0.15, -0.1) is 0 Å². The Balaban J connectivity index is 1.75. The van der Waals surface area contributed by atoms with E-state index in [-0.39, 0.29) is 53.3 Å². The quantitative estimate of drug-likeness (QED) is 0.152. The number of rotatable bonds is 7. The number of nitrogens with zero attached hydrogens (tertiary/aromatic N) is 2. The number of ketones is 1. The highest BCUT2D eigenvalue weighted by atomic mass is 19.2. The van der Waals surface area contributed by atoms with Crippen molar-refractivity contribution >= 4 is 29.5 Å². The fraction of sp³-hybridized carbons (Fsp3) is 0.172. The van der Waals surface area contributed by atoms with Gasteiger partial charge in [0, 0.05) is 22.8 Å². The van der Waals surface area contributed by atoms with E-state index in [1.807, 2.05) is 6.92 Å². The van der Waals surface area contributed by atoms with E-state index in [4.69, 9.17) is 4.74 Å². The summed E-state index contributed by atoms with van der Waals surface area (Å²) < 4.78 is 59.9. The first-order chi connectivity index (χ1) is 19.1. The van der Waals surface area contributed by atoms with Crippen molar-refractivity contribution in [3.05, 3.63) is 116 Å². The molecule has 0 spiro atoms. The number of hydrogen-bond acceptors (Lipinski definition) is 5. The molecule has 1 fully saturated rings. The van der Waals surface area contributed by atoms with Gasteiger partial charge in [0.1, 0.15) is 0 Å². The van der Waals surface area contributed by atoms with E-state index in [1.165, 1.54) is 41.3 Å². The van der Waals surface area contributed by atoms with Crippen LogP contribution in [0.1, 0.15) is 34.8 Å². The van der Waals surface area contributed by atoms with Gasteiger partial charge in [-0.2, -0.15) is 0 Å². The number of amides is 1. The summed E-state index contributed by atoms with van der Waals surface area (Å²) in [5.74, 6) is -5.66. The number of halogens is 4. The Morgan fingerprint density at radius 2 is 1.45 bits per heavy atom. The summed E-state index contributed by atoms with van der Waals surface area (Å²) in [6.07, 6.45) is 3.18. The molecule has 1 aliphatic rings. The topological polar surface area (TPSA) is 89.8 Å².